The highest BCUT2D eigenvalue weighted by Crippen LogP contribution is 2.39. The molecule has 3 rings (SSSR count). The molecule has 2 aliphatic carbocycles. The zero-order valence-corrected chi connectivity index (χ0v) is 12.3. The minimum Gasteiger partial charge on any atom is -0.346 e. The van der Waals surface area contributed by atoms with E-state index in [2.05, 4.69) is 14.6 Å². The number of aromatic nitrogens is 1. The van der Waals surface area contributed by atoms with Crippen molar-refractivity contribution in [1.82, 2.24) is 14.6 Å². The largest absolute Gasteiger partial charge is 0.346 e. The number of hydrogen-bond acceptors (Lipinski definition) is 3. The van der Waals surface area contributed by atoms with Crippen molar-refractivity contribution < 1.29 is 8.42 Å². The number of rotatable bonds is 6. The lowest BCUT2D eigenvalue weighted by Gasteiger charge is -2.10. The van der Waals surface area contributed by atoms with Crippen molar-refractivity contribution in [1.29, 1.82) is 0 Å². The first-order chi connectivity index (χ1) is 8.93. The van der Waals surface area contributed by atoms with Gasteiger partial charge in [0.15, 0.2) is 0 Å². The van der Waals surface area contributed by atoms with Crippen LogP contribution in [0.5, 0.6) is 0 Å². The summed E-state index contributed by atoms with van der Waals surface area (Å²) in [6.07, 6.45) is 5.95. The Kier molecular flexibility index (Phi) is 2.99. The molecule has 6 heteroatoms. The minimum absolute atomic E-state index is 0.219. The number of nitrogens with zero attached hydrogens (tertiary/aromatic N) is 1. The highest BCUT2D eigenvalue weighted by molar-refractivity contribution is 7.89. The molecule has 0 unspecified atom stereocenters. The first-order valence-electron chi connectivity index (χ1n) is 6.83. The van der Waals surface area contributed by atoms with Crippen LogP contribution in [0.15, 0.2) is 17.2 Å². The Hall–Kier alpha value is -0.850. The molecule has 2 N–H and O–H groups in total. The van der Waals surface area contributed by atoms with Gasteiger partial charge in [-0.2, -0.15) is 0 Å². The van der Waals surface area contributed by atoms with E-state index in [0.717, 1.165) is 31.4 Å². The molecule has 1 aromatic heterocycles. The highest BCUT2D eigenvalue weighted by Gasteiger charge is 2.41. The molecule has 19 heavy (non-hydrogen) atoms. The summed E-state index contributed by atoms with van der Waals surface area (Å²) in [4.78, 5) is 0.401. The number of hydrogen-bond donors (Lipinski definition) is 2. The highest BCUT2D eigenvalue weighted by atomic mass is 32.2. The van der Waals surface area contributed by atoms with Crippen LogP contribution >= 0.6 is 0 Å². The SMILES string of the molecule is CNCc1cc(S(=O)(=O)NC2(C)CC2)cn1C1CC1. The van der Waals surface area contributed by atoms with Crippen LogP contribution < -0.4 is 10.0 Å². The second kappa shape index (κ2) is 4.33. The Morgan fingerprint density at radius 2 is 2.11 bits per heavy atom. The van der Waals surface area contributed by atoms with Crippen LogP contribution in [0.4, 0.5) is 0 Å². The van der Waals surface area contributed by atoms with Crippen LogP contribution in [0.25, 0.3) is 0 Å². The van der Waals surface area contributed by atoms with E-state index >= 15 is 0 Å². The molecule has 2 saturated carbocycles. The maximum Gasteiger partial charge on any atom is 0.242 e. The monoisotopic (exact) mass is 283 g/mol. The van der Waals surface area contributed by atoms with Crippen LogP contribution in [0, 0.1) is 0 Å². The van der Waals surface area contributed by atoms with Gasteiger partial charge >= 0.3 is 0 Å². The average molecular weight is 283 g/mol. The Morgan fingerprint density at radius 1 is 1.42 bits per heavy atom. The first-order valence-corrected chi connectivity index (χ1v) is 8.31. The van der Waals surface area contributed by atoms with E-state index in [9.17, 15) is 8.42 Å². The fourth-order valence-corrected chi connectivity index (χ4v) is 3.85. The molecule has 0 aliphatic heterocycles. The minimum atomic E-state index is -3.38. The summed E-state index contributed by atoms with van der Waals surface area (Å²) in [5.41, 5.74) is 0.829. The van der Waals surface area contributed by atoms with Gasteiger partial charge < -0.3 is 9.88 Å². The lowest BCUT2D eigenvalue weighted by molar-refractivity contribution is 0.557. The molecule has 0 radical (unpaired) electrons. The van der Waals surface area contributed by atoms with Gasteiger partial charge in [0.05, 0.1) is 4.90 Å². The third kappa shape index (κ3) is 2.70. The Balaban J connectivity index is 1.89. The van der Waals surface area contributed by atoms with Crippen molar-refractivity contribution in [3.8, 4) is 0 Å². The molecular weight excluding hydrogens is 262 g/mol. The Bertz CT molecular complexity index is 583. The lowest BCUT2D eigenvalue weighted by Crippen LogP contribution is -2.34. The summed E-state index contributed by atoms with van der Waals surface area (Å²) in [7, 11) is -1.50. The maximum absolute atomic E-state index is 12.4. The second-order valence-electron chi connectivity index (χ2n) is 6.00. The predicted molar refractivity (Wildman–Crippen MR) is 73.4 cm³/mol. The molecule has 0 atom stereocenters. The fraction of sp³-hybridized carbons (Fsp3) is 0.692. The zero-order valence-electron chi connectivity index (χ0n) is 11.4. The average Bonchev–Trinajstić information content (AvgIpc) is 3.23. The summed E-state index contributed by atoms with van der Waals surface area (Å²) < 4.78 is 29.6. The Labute approximate surface area is 114 Å². The summed E-state index contributed by atoms with van der Waals surface area (Å²) in [5, 5.41) is 3.10. The molecule has 1 heterocycles. The maximum atomic E-state index is 12.4. The van der Waals surface area contributed by atoms with Crippen LogP contribution in [-0.2, 0) is 16.6 Å². The summed E-state index contributed by atoms with van der Waals surface area (Å²) in [6, 6.07) is 2.28. The van der Waals surface area contributed by atoms with Gasteiger partial charge in [-0.15, -0.1) is 0 Å². The number of sulfonamides is 1. The number of nitrogens with one attached hydrogen (secondary N) is 2. The quantitative estimate of drug-likeness (QED) is 0.829. The van der Waals surface area contributed by atoms with Gasteiger partial charge in [0.1, 0.15) is 0 Å². The van der Waals surface area contributed by atoms with E-state index in [1.807, 2.05) is 14.0 Å². The van der Waals surface area contributed by atoms with Gasteiger partial charge in [0.25, 0.3) is 0 Å². The molecule has 5 nitrogen and oxygen atoms in total. The van der Waals surface area contributed by atoms with Gasteiger partial charge in [0, 0.05) is 30.0 Å². The summed E-state index contributed by atoms with van der Waals surface area (Å²) in [5.74, 6) is 0. The lowest BCUT2D eigenvalue weighted by atomic mass is 10.4. The van der Waals surface area contributed by atoms with Crippen LogP contribution in [-0.4, -0.2) is 25.6 Å². The van der Waals surface area contributed by atoms with Gasteiger partial charge in [-0.1, -0.05) is 0 Å². The normalized spacial score (nSPS) is 21.6. The Morgan fingerprint density at radius 3 is 2.63 bits per heavy atom. The molecule has 106 valence electrons. The third-order valence-corrected chi connectivity index (χ3v) is 5.50. The van der Waals surface area contributed by atoms with Gasteiger partial charge in [-0.25, -0.2) is 13.1 Å². The van der Waals surface area contributed by atoms with Crippen molar-refractivity contribution in [2.75, 3.05) is 7.05 Å². The first kappa shape index (κ1) is 13.1. The van der Waals surface area contributed by atoms with E-state index in [4.69, 9.17) is 0 Å². The van der Waals surface area contributed by atoms with E-state index in [0.29, 0.717) is 17.5 Å². The van der Waals surface area contributed by atoms with E-state index in [-0.39, 0.29) is 5.54 Å². The van der Waals surface area contributed by atoms with Crippen molar-refractivity contribution in [2.24, 2.45) is 0 Å². The zero-order chi connectivity index (χ0) is 13.7. The molecule has 0 saturated heterocycles. The predicted octanol–water partition coefficient (Wildman–Crippen LogP) is 1.37. The third-order valence-electron chi connectivity index (χ3n) is 3.90. The fourth-order valence-electron chi connectivity index (χ4n) is 2.33. The van der Waals surface area contributed by atoms with Crippen molar-refractivity contribution >= 4 is 10.0 Å². The van der Waals surface area contributed by atoms with Gasteiger partial charge in [-0.3, -0.25) is 0 Å². The molecule has 0 aromatic carbocycles. The second-order valence-corrected chi connectivity index (χ2v) is 7.68. The molecular formula is C13H21N3O2S. The van der Waals surface area contributed by atoms with E-state index in [1.54, 1.807) is 12.3 Å². The molecule has 1 aromatic rings. The molecule has 0 bridgehead atoms. The molecule has 2 fully saturated rings. The smallest absolute Gasteiger partial charge is 0.242 e. The standard InChI is InChI=1S/C13H21N3O2S/c1-13(5-6-13)15-19(17,18)12-7-11(8-14-2)16(9-12)10-3-4-10/h7,9-10,14-15H,3-6,8H2,1-2H3. The van der Waals surface area contributed by atoms with Crippen LogP contribution in [0.3, 0.4) is 0 Å². The van der Waals surface area contributed by atoms with E-state index in [1.165, 1.54) is 0 Å². The molecule has 0 spiro atoms. The van der Waals surface area contributed by atoms with E-state index < -0.39 is 10.0 Å². The van der Waals surface area contributed by atoms with Gasteiger partial charge in [0.2, 0.25) is 10.0 Å². The van der Waals surface area contributed by atoms with Crippen molar-refractivity contribution in [2.45, 2.75) is 55.6 Å². The summed E-state index contributed by atoms with van der Waals surface area (Å²) >= 11 is 0. The van der Waals surface area contributed by atoms with Crippen LogP contribution in [0.1, 0.15) is 44.3 Å². The molecule has 0 amide bonds. The summed E-state index contributed by atoms with van der Waals surface area (Å²) in [6.45, 7) is 2.65. The molecule has 2 aliphatic rings. The topological polar surface area (TPSA) is 63.1 Å². The van der Waals surface area contributed by atoms with Crippen LogP contribution in [0.2, 0.25) is 0 Å². The van der Waals surface area contributed by atoms with Gasteiger partial charge in [-0.05, 0) is 45.7 Å². The van der Waals surface area contributed by atoms with Crippen molar-refractivity contribution in [3.63, 3.8) is 0 Å². The van der Waals surface area contributed by atoms with Crippen molar-refractivity contribution in [3.05, 3.63) is 18.0 Å².